The van der Waals surface area contributed by atoms with Gasteiger partial charge in [-0.15, -0.1) is 5.53 Å². The maximum absolute atomic E-state index is 16.3. The van der Waals surface area contributed by atoms with Gasteiger partial charge in [-0.25, -0.2) is 9.18 Å². The van der Waals surface area contributed by atoms with Crippen molar-refractivity contribution >= 4 is 11.9 Å². The molecule has 234 valence electrons. The summed E-state index contributed by atoms with van der Waals surface area (Å²) in [5.74, 6) is 0.468. The number of piperidine rings is 2. The quantitative estimate of drug-likeness (QED) is 0.319. The van der Waals surface area contributed by atoms with Gasteiger partial charge in [-0.1, -0.05) is 26.8 Å². The Morgan fingerprint density at radius 1 is 1.12 bits per heavy atom. The number of urea groups is 1. The van der Waals surface area contributed by atoms with E-state index in [1.807, 2.05) is 23.0 Å². The van der Waals surface area contributed by atoms with E-state index < -0.39 is 12.3 Å². The molecule has 6 heterocycles. The van der Waals surface area contributed by atoms with E-state index in [0.717, 1.165) is 44.3 Å². The molecule has 5 saturated heterocycles. The van der Waals surface area contributed by atoms with Crippen molar-refractivity contribution in [2.24, 2.45) is 17.8 Å². The van der Waals surface area contributed by atoms with Crippen molar-refractivity contribution in [2.45, 2.75) is 115 Å². The Balaban J connectivity index is 1.37. The van der Waals surface area contributed by atoms with E-state index in [2.05, 4.69) is 64.1 Å². The molecule has 10 atom stereocenters. The Morgan fingerprint density at radius 2 is 1.93 bits per heavy atom. The molecule has 5 N–H and O–H groups in total. The van der Waals surface area contributed by atoms with E-state index >= 15 is 4.39 Å². The van der Waals surface area contributed by atoms with Gasteiger partial charge in [0.05, 0.1) is 24.1 Å². The molecular formula is C30H50FN9O2. The van der Waals surface area contributed by atoms with Crippen LogP contribution in [0.25, 0.3) is 0 Å². The summed E-state index contributed by atoms with van der Waals surface area (Å²) in [5, 5.41) is 12.7. The van der Waals surface area contributed by atoms with E-state index in [1.165, 1.54) is 6.08 Å². The topological polar surface area (TPSA) is 107 Å². The number of carbonyl (C=O) groups excluding carboxylic acids is 2. The highest BCUT2D eigenvalue weighted by molar-refractivity contribution is 5.87. The number of allylic oxidation sites excluding steroid dienone is 1. The van der Waals surface area contributed by atoms with Gasteiger partial charge in [-0.05, 0) is 70.4 Å². The summed E-state index contributed by atoms with van der Waals surface area (Å²) >= 11 is 0. The summed E-state index contributed by atoms with van der Waals surface area (Å²) in [6, 6.07) is 0.0316. The predicted octanol–water partition coefficient (Wildman–Crippen LogP) is 1.79. The van der Waals surface area contributed by atoms with E-state index in [9.17, 15) is 9.59 Å². The SMILES string of the molecule is C=CC(=O)N1CC(C)N(C2NC(=O)N3C4NC(C(F)CC24)N2NNC=C2CCCCC2CCNC(C(C)C)C23)CC1C. The lowest BCUT2D eigenvalue weighted by Crippen LogP contribution is -2.80. The van der Waals surface area contributed by atoms with Crippen LogP contribution in [0, 0.1) is 17.8 Å². The molecule has 0 aliphatic carbocycles. The fraction of sp³-hybridized carbons (Fsp3) is 0.800. The van der Waals surface area contributed by atoms with E-state index in [-0.39, 0.29) is 54.4 Å². The number of alkyl halides is 1. The number of nitrogens with zero attached hydrogens (tertiary/aromatic N) is 4. The molecule has 6 rings (SSSR count). The zero-order valence-corrected chi connectivity index (χ0v) is 25.6. The number of fused-ring (bicyclic) bond motifs is 5. The van der Waals surface area contributed by atoms with Crippen molar-refractivity contribution in [2.75, 3.05) is 19.6 Å². The molecule has 0 aromatic carbocycles. The smallest absolute Gasteiger partial charge is 0.320 e. The molecule has 6 aliphatic rings. The third-order valence-corrected chi connectivity index (χ3v) is 10.7. The van der Waals surface area contributed by atoms with Gasteiger partial charge < -0.3 is 25.9 Å². The number of carbonyl (C=O) groups is 2. The predicted molar refractivity (Wildman–Crippen MR) is 159 cm³/mol. The number of hydrogen-bond donors (Lipinski definition) is 5. The number of nitrogens with one attached hydrogen (secondary N) is 5. The number of hydrogen-bond acceptors (Lipinski definition) is 8. The second kappa shape index (κ2) is 11.9. The van der Waals surface area contributed by atoms with Crippen molar-refractivity contribution in [1.29, 1.82) is 0 Å². The van der Waals surface area contributed by atoms with Crippen LogP contribution in [-0.2, 0) is 4.79 Å². The molecular weight excluding hydrogens is 537 g/mol. The molecule has 12 heteroatoms. The molecule has 0 spiro atoms. The summed E-state index contributed by atoms with van der Waals surface area (Å²) in [6.07, 6.45) is 6.25. The van der Waals surface area contributed by atoms with Crippen molar-refractivity contribution in [3.05, 3.63) is 24.6 Å². The van der Waals surface area contributed by atoms with Crippen molar-refractivity contribution < 1.29 is 14.0 Å². The molecule has 42 heavy (non-hydrogen) atoms. The third kappa shape index (κ3) is 5.18. The summed E-state index contributed by atoms with van der Waals surface area (Å²) in [4.78, 5) is 33.2. The summed E-state index contributed by atoms with van der Waals surface area (Å²) in [7, 11) is 0. The Hall–Kier alpha value is -2.41. The van der Waals surface area contributed by atoms with Gasteiger partial charge in [0.15, 0.2) is 0 Å². The van der Waals surface area contributed by atoms with Crippen molar-refractivity contribution in [3.63, 3.8) is 0 Å². The highest BCUT2D eigenvalue weighted by atomic mass is 19.1. The minimum Gasteiger partial charge on any atom is -0.334 e. The zero-order valence-electron chi connectivity index (χ0n) is 25.6. The van der Waals surface area contributed by atoms with Crippen LogP contribution in [-0.4, -0.2) is 100 Å². The fourth-order valence-electron chi connectivity index (χ4n) is 8.64. The largest absolute Gasteiger partial charge is 0.334 e. The first-order valence-corrected chi connectivity index (χ1v) is 16.1. The number of piperazine rings is 1. The first-order valence-electron chi connectivity index (χ1n) is 16.1. The third-order valence-electron chi connectivity index (χ3n) is 10.7. The summed E-state index contributed by atoms with van der Waals surface area (Å²) in [6.45, 7) is 14.4. The molecule has 10 unspecified atom stereocenters. The highest BCUT2D eigenvalue weighted by Gasteiger charge is 2.56. The Bertz CT molecular complexity index is 1070. The second-order valence-corrected chi connectivity index (χ2v) is 13.6. The lowest BCUT2D eigenvalue weighted by Gasteiger charge is -2.60. The van der Waals surface area contributed by atoms with Gasteiger partial charge in [0.25, 0.3) is 0 Å². The van der Waals surface area contributed by atoms with Crippen LogP contribution in [0.4, 0.5) is 9.18 Å². The summed E-state index contributed by atoms with van der Waals surface area (Å²) < 4.78 is 16.3. The van der Waals surface area contributed by atoms with Crippen molar-refractivity contribution in [3.8, 4) is 0 Å². The van der Waals surface area contributed by atoms with Gasteiger partial charge in [-0.3, -0.25) is 20.0 Å². The fourth-order valence-corrected chi connectivity index (χ4v) is 8.64. The van der Waals surface area contributed by atoms with Crippen LogP contribution in [0.5, 0.6) is 0 Å². The molecule has 3 amide bonds. The minimum atomic E-state index is -1.15. The first kappa shape index (κ1) is 29.7. The Labute approximate surface area is 249 Å². The molecule has 5 fully saturated rings. The normalized spacial score (nSPS) is 41.0. The Morgan fingerprint density at radius 3 is 2.69 bits per heavy atom. The van der Waals surface area contributed by atoms with Gasteiger partial charge in [-0.2, -0.15) is 0 Å². The maximum atomic E-state index is 16.3. The molecule has 0 aromatic heterocycles. The maximum Gasteiger partial charge on any atom is 0.320 e. The van der Waals surface area contributed by atoms with Crippen molar-refractivity contribution in [1.82, 2.24) is 46.6 Å². The molecule has 0 saturated carbocycles. The second-order valence-electron chi connectivity index (χ2n) is 13.6. The standard InChI is InChI=1S/C30H50FN9O2/c1-6-24(41)37-15-19(5)38(16-18(37)4)27-22-13-23(31)29-34-28(22)39(30(42)35-27)26-20(11-12-32-25(26)17(2)3)9-7-8-10-21-14-33-36-40(21)29/h6,14,17-20,22-23,25-29,32-34,36H,1,7-13,15-16H2,2-5H3,(H,35,42). The van der Waals surface area contributed by atoms with Crippen LogP contribution >= 0.6 is 0 Å². The zero-order chi connectivity index (χ0) is 29.7. The average Bonchev–Trinajstić information content (AvgIpc) is 3.43. The van der Waals surface area contributed by atoms with E-state index in [4.69, 9.17) is 0 Å². The highest BCUT2D eigenvalue weighted by Crippen LogP contribution is 2.41. The average molecular weight is 588 g/mol. The first-order chi connectivity index (χ1) is 20.2. The van der Waals surface area contributed by atoms with Gasteiger partial charge in [0.2, 0.25) is 5.91 Å². The van der Waals surface area contributed by atoms with Gasteiger partial charge in [0, 0.05) is 43.3 Å². The molecule has 0 aromatic rings. The van der Waals surface area contributed by atoms with Crippen LogP contribution in [0.3, 0.4) is 0 Å². The number of rotatable bonds is 3. The van der Waals surface area contributed by atoms with Gasteiger partial charge >= 0.3 is 6.03 Å². The van der Waals surface area contributed by atoms with Gasteiger partial charge in [0.1, 0.15) is 12.3 Å². The lowest BCUT2D eigenvalue weighted by molar-refractivity contribution is -0.137. The van der Waals surface area contributed by atoms with E-state index in [0.29, 0.717) is 31.3 Å². The van der Waals surface area contributed by atoms with Crippen LogP contribution in [0.1, 0.15) is 66.2 Å². The monoisotopic (exact) mass is 587 g/mol. The van der Waals surface area contributed by atoms with E-state index in [1.54, 1.807) is 0 Å². The molecule has 11 nitrogen and oxygen atoms in total. The van der Waals surface area contributed by atoms with Crippen LogP contribution in [0.15, 0.2) is 24.6 Å². The Kier molecular flexibility index (Phi) is 8.43. The van der Waals surface area contributed by atoms with Crippen LogP contribution in [0.2, 0.25) is 0 Å². The van der Waals surface area contributed by atoms with Crippen LogP contribution < -0.4 is 26.9 Å². The summed E-state index contributed by atoms with van der Waals surface area (Å²) in [5.41, 5.74) is 7.30. The lowest BCUT2D eigenvalue weighted by atomic mass is 9.76. The molecule has 0 radical (unpaired) electrons. The molecule has 6 aliphatic heterocycles. The number of amides is 3. The molecule has 2 bridgehead atoms. The number of hydrazine groups is 2. The minimum absolute atomic E-state index is 0.00419. The number of halogens is 1.